The second kappa shape index (κ2) is 7.55. The Hall–Kier alpha value is -0.730. The molecule has 0 aromatic carbocycles. The number of rotatable bonds is 6. The van der Waals surface area contributed by atoms with Crippen LogP contribution in [0.3, 0.4) is 0 Å². The first-order chi connectivity index (χ1) is 7.02. The summed E-state index contributed by atoms with van der Waals surface area (Å²) in [5.74, 6) is 0.696. The van der Waals surface area contributed by atoms with Gasteiger partial charge < -0.3 is 9.64 Å². The highest BCUT2D eigenvalue weighted by Crippen LogP contribution is 2.10. The zero-order valence-electron chi connectivity index (χ0n) is 10.7. The summed E-state index contributed by atoms with van der Waals surface area (Å²) in [5, 5.41) is 0. The Labute approximate surface area is 93.8 Å². The van der Waals surface area contributed by atoms with Crippen LogP contribution in [0.1, 0.15) is 47.0 Å². The van der Waals surface area contributed by atoms with Gasteiger partial charge in [0.2, 0.25) is 0 Å². The topological polar surface area (TPSA) is 29.5 Å². The van der Waals surface area contributed by atoms with Gasteiger partial charge in [-0.05, 0) is 32.1 Å². The van der Waals surface area contributed by atoms with Crippen molar-refractivity contribution in [2.75, 3.05) is 13.7 Å². The molecule has 0 saturated heterocycles. The Morgan fingerprint density at radius 2 is 1.93 bits per heavy atom. The smallest absolute Gasteiger partial charge is 0.409 e. The molecule has 0 radical (unpaired) electrons. The summed E-state index contributed by atoms with van der Waals surface area (Å²) >= 11 is 0. The molecule has 90 valence electrons. The van der Waals surface area contributed by atoms with E-state index in [2.05, 4.69) is 27.7 Å². The number of carbonyl (C=O) groups excluding carboxylic acids is 1. The third-order valence-electron chi connectivity index (χ3n) is 2.71. The molecule has 3 nitrogen and oxygen atoms in total. The number of nitrogens with zero attached hydrogens (tertiary/aromatic N) is 1. The molecule has 1 atom stereocenters. The van der Waals surface area contributed by atoms with E-state index < -0.39 is 0 Å². The molecule has 0 aliphatic rings. The van der Waals surface area contributed by atoms with E-state index in [1.54, 1.807) is 0 Å². The highest BCUT2D eigenvalue weighted by Gasteiger charge is 2.18. The van der Waals surface area contributed by atoms with Crippen molar-refractivity contribution in [1.82, 2.24) is 4.90 Å². The summed E-state index contributed by atoms with van der Waals surface area (Å²) in [6.45, 7) is 9.35. The van der Waals surface area contributed by atoms with Gasteiger partial charge in [0.05, 0.1) is 7.11 Å². The highest BCUT2D eigenvalue weighted by molar-refractivity contribution is 5.67. The van der Waals surface area contributed by atoms with Gasteiger partial charge in [-0.25, -0.2) is 4.79 Å². The first-order valence-electron chi connectivity index (χ1n) is 5.87. The van der Waals surface area contributed by atoms with Crippen molar-refractivity contribution >= 4 is 6.09 Å². The van der Waals surface area contributed by atoms with E-state index in [9.17, 15) is 4.79 Å². The first kappa shape index (κ1) is 14.3. The second-order valence-corrected chi connectivity index (χ2v) is 4.46. The molecule has 0 bridgehead atoms. The third-order valence-corrected chi connectivity index (χ3v) is 2.71. The lowest BCUT2D eigenvalue weighted by Gasteiger charge is -2.27. The minimum absolute atomic E-state index is 0.201. The van der Waals surface area contributed by atoms with Crippen molar-refractivity contribution in [2.45, 2.75) is 53.0 Å². The lowest BCUT2D eigenvalue weighted by molar-refractivity contribution is 0.105. The van der Waals surface area contributed by atoms with Gasteiger partial charge >= 0.3 is 6.09 Å². The molecular formula is C12H25NO2. The molecule has 0 aliphatic carbocycles. The minimum atomic E-state index is -0.201. The van der Waals surface area contributed by atoms with Crippen molar-refractivity contribution in [1.29, 1.82) is 0 Å². The molecule has 0 spiro atoms. The van der Waals surface area contributed by atoms with E-state index >= 15 is 0 Å². The quantitative estimate of drug-likeness (QED) is 0.680. The Balaban J connectivity index is 4.07. The number of hydrogen-bond acceptors (Lipinski definition) is 2. The Kier molecular flexibility index (Phi) is 7.18. The van der Waals surface area contributed by atoms with Gasteiger partial charge in [-0.15, -0.1) is 0 Å². The Morgan fingerprint density at radius 3 is 2.33 bits per heavy atom. The molecule has 0 saturated carbocycles. The predicted molar refractivity (Wildman–Crippen MR) is 62.9 cm³/mol. The standard InChI is InChI=1S/C12H25NO2/c1-6-11(4)13(12(14)15-5)9-7-8-10(2)3/h10-11H,6-9H2,1-5H3. The van der Waals surface area contributed by atoms with Crippen LogP contribution in [-0.2, 0) is 4.74 Å². The van der Waals surface area contributed by atoms with Gasteiger partial charge in [-0.1, -0.05) is 20.8 Å². The van der Waals surface area contributed by atoms with Gasteiger partial charge in [-0.2, -0.15) is 0 Å². The van der Waals surface area contributed by atoms with E-state index in [-0.39, 0.29) is 12.1 Å². The van der Waals surface area contributed by atoms with Crippen LogP contribution in [-0.4, -0.2) is 30.7 Å². The third kappa shape index (κ3) is 5.65. The molecular weight excluding hydrogens is 190 g/mol. The molecule has 0 heterocycles. The molecule has 15 heavy (non-hydrogen) atoms. The van der Waals surface area contributed by atoms with Crippen LogP contribution >= 0.6 is 0 Å². The van der Waals surface area contributed by atoms with Crippen molar-refractivity contribution in [3.05, 3.63) is 0 Å². The van der Waals surface area contributed by atoms with E-state index in [0.717, 1.165) is 25.8 Å². The maximum absolute atomic E-state index is 11.5. The normalized spacial score (nSPS) is 12.7. The van der Waals surface area contributed by atoms with Crippen LogP contribution in [0.15, 0.2) is 0 Å². The SMILES string of the molecule is CCC(C)N(CCCC(C)C)C(=O)OC. The van der Waals surface area contributed by atoms with E-state index in [4.69, 9.17) is 4.74 Å². The zero-order chi connectivity index (χ0) is 11.8. The lowest BCUT2D eigenvalue weighted by atomic mass is 10.1. The molecule has 0 aromatic rings. The van der Waals surface area contributed by atoms with Crippen LogP contribution in [0.5, 0.6) is 0 Å². The lowest BCUT2D eigenvalue weighted by Crippen LogP contribution is -2.39. The van der Waals surface area contributed by atoms with Crippen LogP contribution < -0.4 is 0 Å². The summed E-state index contributed by atoms with van der Waals surface area (Å²) in [6, 6.07) is 0.268. The summed E-state index contributed by atoms with van der Waals surface area (Å²) in [6.07, 6.45) is 2.98. The Morgan fingerprint density at radius 1 is 1.33 bits per heavy atom. The fraction of sp³-hybridized carbons (Fsp3) is 0.917. The van der Waals surface area contributed by atoms with Crippen molar-refractivity contribution < 1.29 is 9.53 Å². The van der Waals surface area contributed by atoms with Gasteiger partial charge in [-0.3, -0.25) is 0 Å². The van der Waals surface area contributed by atoms with Crippen LogP contribution in [0.4, 0.5) is 4.79 Å². The zero-order valence-corrected chi connectivity index (χ0v) is 10.7. The number of ether oxygens (including phenoxy) is 1. The average molecular weight is 215 g/mol. The average Bonchev–Trinajstić information content (AvgIpc) is 2.22. The monoisotopic (exact) mass is 215 g/mol. The van der Waals surface area contributed by atoms with Gasteiger partial charge in [0.15, 0.2) is 0 Å². The number of carbonyl (C=O) groups is 1. The summed E-state index contributed by atoms with van der Waals surface area (Å²) in [4.78, 5) is 13.3. The number of methoxy groups -OCH3 is 1. The summed E-state index contributed by atoms with van der Waals surface area (Å²) < 4.78 is 4.78. The fourth-order valence-corrected chi connectivity index (χ4v) is 1.50. The summed E-state index contributed by atoms with van der Waals surface area (Å²) in [5.41, 5.74) is 0. The van der Waals surface area contributed by atoms with Gasteiger partial charge in [0.1, 0.15) is 0 Å². The molecule has 1 unspecified atom stereocenters. The fourth-order valence-electron chi connectivity index (χ4n) is 1.50. The van der Waals surface area contributed by atoms with Crippen LogP contribution in [0.2, 0.25) is 0 Å². The van der Waals surface area contributed by atoms with Crippen molar-refractivity contribution in [3.8, 4) is 0 Å². The Bertz CT molecular complexity index is 180. The molecule has 1 amide bonds. The molecule has 0 rings (SSSR count). The summed E-state index contributed by atoms with van der Waals surface area (Å²) in [7, 11) is 1.44. The highest BCUT2D eigenvalue weighted by atomic mass is 16.5. The first-order valence-corrected chi connectivity index (χ1v) is 5.87. The number of amides is 1. The van der Waals surface area contributed by atoms with Crippen molar-refractivity contribution in [2.24, 2.45) is 5.92 Å². The van der Waals surface area contributed by atoms with Crippen molar-refractivity contribution in [3.63, 3.8) is 0 Å². The molecule has 0 aliphatic heterocycles. The predicted octanol–water partition coefficient (Wildman–Crippen LogP) is 3.29. The second-order valence-electron chi connectivity index (χ2n) is 4.46. The molecule has 0 fully saturated rings. The van der Waals surface area contributed by atoms with Crippen LogP contribution in [0, 0.1) is 5.92 Å². The largest absolute Gasteiger partial charge is 0.453 e. The van der Waals surface area contributed by atoms with E-state index in [1.165, 1.54) is 7.11 Å². The van der Waals surface area contributed by atoms with E-state index in [0.29, 0.717) is 5.92 Å². The minimum Gasteiger partial charge on any atom is -0.453 e. The van der Waals surface area contributed by atoms with Crippen LogP contribution in [0.25, 0.3) is 0 Å². The van der Waals surface area contributed by atoms with Gasteiger partial charge in [0, 0.05) is 12.6 Å². The molecule has 3 heteroatoms. The number of hydrogen-bond donors (Lipinski definition) is 0. The van der Waals surface area contributed by atoms with E-state index in [1.807, 2.05) is 4.90 Å². The maximum atomic E-state index is 11.5. The maximum Gasteiger partial charge on any atom is 0.409 e. The van der Waals surface area contributed by atoms with Gasteiger partial charge in [0.25, 0.3) is 0 Å². The molecule has 0 N–H and O–H groups in total. The molecule has 0 aromatic heterocycles.